The molecule has 0 heterocycles. The fraction of sp³-hybridized carbons (Fsp3) is 0.875. The van der Waals surface area contributed by atoms with E-state index < -0.39 is 39.9 Å². The van der Waals surface area contributed by atoms with Crippen LogP contribution in [0.4, 0.5) is 0 Å². The Morgan fingerprint density at radius 2 is 2.00 bits per heavy atom. The first kappa shape index (κ1) is 19.9. The summed E-state index contributed by atoms with van der Waals surface area (Å²) in [6, 6.07) is 0. The van der Waals surface area contributed by atoms with Crippen LogP contribution in [0.3, 0.4) is 0 Å². The van der Waals surface area contributed by atoms with Gasteiger partial charge in [-0.15, -0.1) is 0 Å². The third-order valence-electron chi connectivity index (χ3n) is 4.82. The Morgan fingerprint density at radius 1 is 1.40 bits per heavy atom. The average Bonchev–Trinajstić information content (AvgIpc) is 2.36. The molecule has 0 aromatic rings. The van der Waals surface area contributed by atoms with Gasteiger partial charge >= 0.3 is 154 Å². The molecule has 0 spiro atoms. The molecule has 0 aromatic carbocycles. The SMILES string of the molecule is C/C=C1/CCC(C(C)(C)I(C)CI(C)N)C(C)C1[I-]C. The van der Waals surface area contributed by atoms with E-state index in [4.69, 9.17) is 3.95 Å². The molecule has 2 N–H and O–H groups in total. The van der Waals surface area contributed by atoms with Crippen molar-refractivity contribution in [2.45, 2.75) is 47.9 Å². The van der Waals surface area contributed by atoms with E-state index >= 15 is 0 Å². The van der Waals surface area contributed by atoms with E-state index in [1.165, 1.54) is 15.3 Å². The molecule has 1 saturated carbocycles. The molecule has 3 atom stereocenters. The Bertz CT molecular complexity index is 339. The molecule has 0 saturated heterocycles. The number of hydrogen-bond donors (Lipinski definition) is 1. The van der Waals surface area contributed by atoms with E-state index in [9.17, 15) is 0 Å². The fourth-order valence-corrected chi connectivity index (χ4v) is 25.1. The summed E-state index contributed by atoms with van der Waals surface area (Å²) >= 11 is -1.62. The molecule has 0 radical (unpaired) electrons. The van der Waals surface area contributed by atoms with Crippen molar-refractivity contribution in [3.63, 3.8) is 0 Å². The Morgan fingerprint density at radius 3 is 2.45 bits per heavy atom. The molecule has 124 valence electrons. The second-order valence-electron chi connectivity index (χ2n) is 6.38. The van der Waals surface area contributed by atoms with Crippen molar-refractivity contribution in [3.05, 3.63) is 11.6 Å². The molecule has 0 aromatic heterocycles. The number of rotatable bonds is 5. The van der Waals surface area contributed by atoms with E-state index in [1.54, 1.807) is 5.57 Å². The van der Waals surface area contributed by atoms with Crippen LogP contribution in [-0.2, 0) is 0 Å². The summed E-state index contributed by atoms with van der Waals surface area (Å²) in [6.07, 6.45) is 5.22. The summed E-state index contributed by atoms with van der Waals surface area (Å²) in [6.45, 7) is 9.98. The van der Waals surface area contributed by atoms with Crippen LogP contribution in [0.5, 0.6) is 0 Å². The molecule has 0 aliphatic heterocycles. The first-order chi connectivity index (χ1) is 9.25. The van der Waals surface area contributed by atoms with Gasteiger partial charge in [0.1, 0.15) is 0 Å². The minimum atomic E-state index is -1.04. The quantitative estimate of drug-likeness (QED) is 0.217. The Balaban J connectivity index is 2.90. The normalized spacial score (nSPS) is 31.6. The topological polar surface area (TPSA) is 26.0 Å². The van der Waals surface area contributed by atoms with E-state index in [1.807, 2.05) is 0 Å². The van der Waals surface area contributed by atoms with E-state index in [0.29, 0.717) is 24.6 Å². The van der Waals surface area contributed by atoms with Gasteiger partial charge in [-0.3, -0.25) is 0 Å². The van der Waals surface area contributed by atoms with Gasteiger partial charge in [0.2, 0.25) is 0 Å². The number of nitrogens with two attached hydrogens (primary N) is 1. The number of hydrogen-bond acceptors (Lipinski definition) is 1. The maximum absolute atomic E-state index is 6.24. The third kappa shape index (κ3) is 4.69. The van der Waals surface area contributed by atoms with Gasteiger partial charge in [-0.1, -0.05) is 0 Å². The van der Waals surface area contributed by atoms with Crippen molar-refractivity contribution in [2.24, 2.45) is 15.8 Å². The summed E-state index contributed by atoms with van der Waals surface area (Å²) < 4.78 is 9.25. The molecule has 20 heavy (non-hydrogen) atoms. The van der Waals surface area contributed by atoms with Crippen LogP contribution in [0.1, 0.15) is 40.5 Å². The standard InChI is InChI=1S/C16H33I3N/c1-8-13-9-10-14(12(2)15(13)17-5)16(3,4)18(6)11-19(7)20/h8,12,14-15H,9-11,20H2,1-7H3/q-1/b13-8-. The molecule has 1 nitrogen and oxygen atoms in total. The van der Waals surface area contributed by atoms with E-state index in [2.05, 4.69) is 48.6 Å². The molecule has 1 aliphatic rings. The van der Waals surface area contributed by atoms with Crippen molar-refractivity contribution in [3.8, 4) is 0 Å². The zero-order chi connectivity index (χ0) is 15.5. The first-order valence-corrected chi connectivity index (χ1v) is 20.3. The van der Waals surface area contributed by atoms with Crippen LogP contribution in [0.2, 0.25) is 0 Å². The molecule has 1 rings (SSSR count). The Hall–Kier alpha value is 1.89. The molecular weight excluding hydrogens is 587 g/mol. The molecule has 0 amide bonds. The summed E-state index contributed by atoms with van der Waals surface area (Å²) in [5.41, 5.74) is 1.78. The minimum absolute atomic E-state index is 0.321. The summed E-state index contributed by atoms with van der Waals surface area (Å²) in [7, 11) is 0. The molecule has 4 heteroatoms. The van der Waals surface area contributed by atoms with Gasteiger partial charge in [-0.25, -0.2) is 0 Å². The van der Waals surface area contributed by atoms with Gasteiger partial charge in [-0.05, 0) is 0 Å². The number of alkyl halides is 7. The molecule has 3 unspecified atom stereocenters. The van der Waals surface area contributed by atoms with Gasteiger partial charge in [0.05, 0.1) is 0 Å². The average molecular weight is 620 g/mol. The number of allylic oxidation sites excluding steroid dienone is 2. The predicted molar refractivity (Wildman–Crippen MR) is 108 cm³/mol. The van der Waals surface area contributed by atoms with Crippen LogP contribution >= 0.6 is 39.9 Å². The molecular formula is C16H33I3N-. The maximum atomic E-state index is 6.24. The van der Waals surface area contributed by atoms with Crippen molar-refractivity contribution in [1.29, 1.82) is 0 Å². The van der Waals surface area contributed by atoms with Gasteiger partial charge < -0.3 is 0 Å². The summed E-state index contributed by atoms with van der Waals surface area (Å²) in [4.78, 5) is 7.44. The summed E-state index contributed by atoms with van der Waals surface area (Å²) in [5, 5.41) is 0. The zero-order valence-electron chi connectivity index (χ0n) is 14.1. The third-order valence-corrected chi connectivity index (χ3v) is 27.3. The van der Waals surface area contributed by atoms with E-state index in [0.717, 1.165) is 15.8 Å². The second-order valence-corrected chi connectivity index (χ2v) is 23.2. The van der Waals surface area contributed by atoms with Gasteiger partial charge in [0, 0.05) is 0 Å². The van der Waals surface area contributed by atoms with Crippen molar-refractivity contribution >= 4 is 39.9 Å². The fourth-order valence-electron chi connectivity index (χ4n) is 3.48. The van der Waals surface area contributed by atoms with Crippen LogP contribution in [-0.4, -0.2) is 24.6 Å². The molecule has 1 fully saturated rings. The van der Waals surface area contributed by atoms with Crippen LogP contribution < -0.4 is 25.2 Å². The van der Waals surface area contributed by atoms with E-state index in [-0.39, 0.29) is 0 Å². The molecule has 0 bridgehead atoms. The van der Waals surface area contributed by atoms with Crippen LogP contribution in [0.25, 0.3) is 0 Å². The van der Waals surface area contributed by atoms with Gasteiger partial charge in [0.15, 0.2) is 0 Å². The van der Waals surface area contributed by atoms with Gasteiger partial charge in [-0.2, -0.15) is 0 Å². The van der Waals surface area contributed by atoms with Crippen LogP contribution in [0, 0.1) is 11.8 Å². The first-order valence-electron chi connectivity index (χ1n) is 7.24. The number of halogens is 3. The summed E-state index contributed by atoms with van der Waals surface area (Å²) in [5.74, 6) is 1.85. The zero-order valence-corrected chi connectivity index (χ0v) is 20.6. The Kier molecular flexibility index (Phi) is 8.63. The second kappa shape index (κ2) is 8.66. The predicted octanol–water partition coefficient (Wildman–Crippen LogP) is 1.95. The van der Waals surface area contributed by atoms with Gasteiger partial charge in [0.25, 0.3) is 0 Å². The van der Waals surface area contributed by atoms with Crippen molar-refractivity contribution in [2.75, 3.05) is 17.2 Å². The van der Waals surface area contributed by atoms with Crippen molar-refractivity contribution in [1.82, 2.24) is 0 Å². The Labute approximate surface area is 152 Å². The molecule has 1 aliphatic carbocycles. The van der Waals surface area contributed by atoms with Crippen molar-refractivity contribution < 1.29 is 21.2 Å². The monoisotopic (exact) mass is 620 g/mol. The van der Waals surface area contributed by atoms with Crippen LogP contribution in [0.15, 0.2) is 11.6 Å².